The normalized spacial score (nSPS) is 12.6. The summed E-state index contributed by atoms with van der Waals surface area (Å²) in [5.41, 5.74) is 3.16. The monoisotopic (exact) mass is 450 g/mol. The van der Waals surface area contributed by atoms with Crippen LogP contribution in [0.15, 0.2) is 46.8 Å². The first-order valence-corrected chi connectivity index (χ1v) is 11.3. The second-order valence-electron chi connectivity index (χ2n) is 6.51. The number of nitrogens with one attached hydrogen (secondary N) is 2. The highest BCUT2D eigenvalue weighted by Gasteiger charge is 2.24. The summed E-state index contributed by atoms with van der Waals surface area (Å²) < 4.78 is 27.8. The van der Waals surface area contributed by atoms with E-state index in [9.17, 15) is 13.2 Å². The van der Waals surface area contributed by atoms with Crippen molar-refractivity contribution in [2.75, 3.05) is 5.32 Å². The van der Waals surface area contributed by atoms with Crippen molar-refractivity contribution in [2.45, 2.75) is 31.2 Å². The molecule has 0 fully saturated rings. The molecule has 0 radical (unpaired) electrons. The average Bonchev–Trinajstić information content (AvgIpc) is 3.13. The molecule has 0 saturated heterocycles. The maximum absolute atomic E-state index is 12.7. The molecule has 0 bridgehead atoms. The predicted molar refractivity (Wildman–Crippen MR) is 114 cm³/mol. The van der Waals surface area contributed by atoms with Crippen LogP contribution < -0.4 is 10.0 Å². The fourth-order valence-electron chi connectivity index (χ4n) is 2.75. The maximum atomic E-state index is 12.7. The Kier molecular flexibility index (Phi) is 6.33. The van der Waals surface area contributed by atoms with E-state index in [4.69, 9.17) is 11.6 Å². The number of halogens is 1. The summed E-state index contributed by atoms with van der Waals surface area (Å²) in [5.74, 6) is -0.493. The van der Waals surface area contributed by atoms with Gasteiger partial charge in [-0.2, -0.15) is 0 Å². The first kappa shape index (κ1) is 21.4. The van der Waals surface area contributed by atoms with Gasteiger partial charge >= 0.3 is 0 Å². The lowest BCUT2D eigenvalue weighted by molar-refractivity contribution is 0.102. The van der Waals surface area contributed by atoms with Crippen LogP contribution in [-0.4, -0.2) is 24.5 Å². The molecule has 0 unspecified atom stereocenters. The Labute approximate surface area is 178 Å². The van der Waals surface area contributed by atoms with Crippen molar-refractivity contribution in [1.29, 1.82) is 0 Å². The molecule has 7 nitrogen and oxygen atoms in total. The smallest absolute Gasteiger partial charge is 0.270 e. The van der Waals surface area contributed by atoms with Gasteiger partial charge in [-0.3, -0.25) is 10.1 Å². The summed E-state index contributed by atoms with van der Waals surface area (Å²) in [6.07, 6.45) is 0. The Bertz CT molecular complexity index is 1160. The molecule has 29 heavy (non-hydrogen) atoms. The largest absolute Gasteiger partial charge is 0.296 e. The van der Waals surface area contributed by atoms with Gasteiger partial charge < -0.3 is 0 Å². The van der Waals surface area contributed by atoms with Gasteiger partial charge in [-0.15, -0.1) is 10.2 Å². The molecule has 0 saturated carbocycles. The molecule has 3 aromatic rings. The summed E-state index contributed by atoms with van der Waals surface area (Å²) in [6, 6.07) is 11.9. The van der Waals surface area contributed by atoms with Crippen LogP contribution >= 0.6 is 22.9 Å². The lowest BCUT2D eigenvalue weighted by Gasteiger charge is -2.16. The van der Waals surface area contributed by atoms with E-state index in [0.29, 0.717) is 0 Å². The maximum Gasteiger partial charge on any atom is 0.270 e. The molecular formula is C19H19ClN4O3S2. The number of aromatic nitrogens is 2. The third-order valence-corrected chi connectivity index (χ3v) is 7.28. The van der Waals surface area contributed by atoms with Gasteiger partial charge in [0.15, 0.2) is 0 Å². The number of hydrogen-bond donors (Lipinski definition) is 2. The van der Waals surface area contributed by atoms with Crippen LogP contribution in [0, 0.1) is 13.8 Å². The SMILES string of the molecule is Cc1ccc(C)c([C@@H](C)NS(=O)(=O)c2nnc(NC(=O)c3ccccc3Cl)s2)c1. The fourth-order valence-corrected chi connectivity index (χ4v) is 5.11. The second-order valence-corrected chi connectivity index (χ2v) is 9.78. The Balaban J connectivity index is 1.75. The van der Waals surface area contributed by atoms with Crippen molar-refractivity contribution < 1.29 is 13.2 Å². The number of aryl methyl sites for hydroxylation is 2. The molecule has 3 rings (SSSR count). The number of carbonyl (C=O) groups excluding carboxylic acids is 1. The summed E-state index contributed by atoms with van der Waals surface area (Å²) in [4.78, 5) is 12.3. The van der Waals surface area contributed by atoms with E-state index >= 15 is 0 Å². The minimum atomic E-state index is -3.91. The molecule has 1 aromatic heterocycles. The van der Waals surface area contributed by atoms with Crippen LogP contribution in [0.3, 0.4) is 0 Å². The molecular weight excluding hydrogens is 432 g/mol. The van der Waals surface area contributed by atoms with Crippen LogP contribution in [0.1, 0.15) is 40.0 Å². The number of benzene rings is 2. The predicted octanol–water partition coefficient (Wildman–Crippen LogP) is 4.10. The van der Waals surface area contributed by atoms with Gasteiger partial charge in [0.2, 0.25) is 9.47 Å². The van der Waals surface area contributed by atoms with E-state index in [0.717, 1.165) is 28.0 Å². The summed E-state index contributed by atoms with van der Waals surface area (Å²) in [5, 5.41) is 10.3. The number of rotatable bonds is 6. The summed E-state index contributed by atoms with van der Waals surface area (Å²) >= 11 is 6.77. The van der Waals surface area contributed by atoms with E-state index in [1.54, 1.807) is 31.2 Å². The highest BCUT2D eigenvalue weighted by molar-refractivity contribution is 7.91. The molecule has 2 aromatic carbocycles. The highest BCUT2D eigenvalue weighted by Crippen LogP contribution is 2.25. The molecule has 10 heteroatoms. The molecule has 0 aliphatic rings. The number of carbonyl (C=O) groups is 1. The lowest BCUT2D eigenvalue weighted by atomic mass is 10.0. The fraction of sp³-hybridized carbons (Fsp3) is 0.211. The van der Waals surface area contributed by atoms with Crippen LogP contribution in [0.4, 0.5) is 5.13 Å². The third kappa shape index (κ3) is 4.99. The van der Waals surface area contributed by atoms with Crippen molar-refractivity contribution in [3.05, 3.63) is 69.7 Å². The van der Waals surface area contributed by atoms with Crippen molar-refractivity contribution in [3.63, 3.8) is 0 Å². The van der Waals surface area contributed by atoms with Gasteiger partial charge in [0.25, 0.3) is 15.9 Å². The van der Waals surface area contributed by atoms with E-state index in [-0.39, 0.29) is 20.1 Å². The van der Waals surface area contributed by atoms with Crippen molar-refractivity contribution in [2.24, 2.45) is 0 Å². The highest BCUT2D eigenvalue weighted by atomic mass is 35.5. The van der Waals surface area contributed by atoms with Crippen molar-refractivity contribution in [3.8, 4) is 0 Å². The minimum absolute atomic E-state index is 0.0645. The average molecular weight is 451 g/mol. The Morgan fingerprint density at radius 1 is 1.14 bits per heavy atom. The van der Waals surface area contributed by atoms with Gasteiger partial charge in [-0.05, 0) is 44.0 Å². The zero-order chi connectivity index (χ0) is 21.2. The Morgan fingerprint density at radius 3 is 2.59 bits per heavy atom. The first-order valence-electron chi connectivity index (χ1n) is 8.66. The summed E-state index contributed by atoms with van der Waals surface area (Å²) in [6.45, 7) is 5.64. The molecule has 0 aliphatic heterocycles. The van der Waals surface area contributed by atoms with Crippen LogP contribution in [0.25, 0.3) is 0 Å². The Morgan fingerprint density at radius 2 is 1.86 bits per heavy atom. The van der Waals surface area contributed by atoms with E-state index in [1.807, 2.05) is 32.0 Å². The third-order valence-electron chi connectivity index (χ3n) is 4.21. The molecule has 152 valence electrons. The topological polar surface area (TPSA) is 101 Å². The molecule has 0 spiro atoms. The molecule has 1 heterocycles. The Hall–Kier alpha value is -2.33. The first-order chi connectivity index (χ1) is 13.7. The van der Waals surface area contributed by atoms with Gasteiger partial charge in [0, 0.05) is 6.04 Å². The van der Waals surface area contributed by atoms with E-state index in [1.165, 1.54) is 0 Å². The molecule has 2 N–H and O–H groups in total. The van der Waals surface area contributed by atoms with Gasteiger partial charge in [0.05, 0.1) is 10.6 Å². The summed E-state index contributed by atoms with van der Waals surface area (Å²) in [7, 11) is -3.91. The molecule has 1 atom stereocenters. The zero-order valence-electron chi connectivity index (χ0n) is 15.9. The van der Waals surface area contributed by atoms with E-state index in [2.05, 4.69) is 20.2 Å². The van der Waals surface area contributed by atoms with Gasteiger partial charge in [-0.1, -0.05) is 58.8 Å². The van der Waals surface area contributed by atoms with Crippen molar-refractivity contribution >= 4 is 44.0 Å². The van der Waals surface area contributed by atoms with Gasteiger partial charge in [-0.25, -0.2) is 13.1 Å². The number of nitrogens with zero attached hydrogens (tertiary/aromatic N) is 2. The second kappa shape index (κ2) is 8.58. The van der Waals surface area contributed by atoms with Crippen molar-refractivity contribution in [1.82, 2.24) is 14.9 Å². The standard InChI is InChI=1S/C19H19ClN4O3S2/c1-11-8-9-12(2)15(10-11)13(3)24-29(26,27)19-23-22-18(28-19)21-17(25)14-6-4-5-7-16(14)20/h4-10,13,24H,1-3H3,(H,21,22,25)/t13-/m1/s1. The van der Waals surface area contributed by atoms with Crippen LogP contribution in [0.5, 0.6) is 0 Å². The van der Waals surface area contributed by atoms with E-state index < -0.39 is 22.0 Å². The zero-order valence-corrected chi connectivity index (χ0v) is 18.3. The molecule has 0 aliphatic carbocycles. The van der Waals surface area contributed by atoms with Crippen LogP contribution in [-0.2, 0) is 10.0 Å². The quantitative estimate of drug-likeness (QED) is 0.550. The number of sulfonamides is 1. The van der Waals surface area contributed by atoms with Crippen LogP contribution in [0.2, 0.25) is 5.02 Å². The number of anilines is 1. The van der Waals surface area contributed by atoms with Gasteiger partial charge in [0.1, 0.15) is 0 Å². The lowest BCUT2D eigenvalue weighted by Crippen LogP contribution is -2.27. The number of amides is 1. The molecule has 1 amide bonds. The minimum Gasteiger partial charge on any atom is -0.296 e. The number of hydrogen-bond acceptors (Lipinski definition) is 6.